The van der Waals surface area contributed by atoms with Crippen LogP contribution in [0.2, 0.25) is 0 Å². The molecule has 15 nitrogen and oxygen atoms in total. The van der Waals surface area contributed by atoms with Crippen LogP contribution in [0.15, 0.2) is 81.6 Å². The third kappa shape index (κ3) is 10.00. The molecule has 0 radical (unpaired) electrons. The first-order valence-electron chi connectivity index (χ1n) is 29.5. The second-order valence-corrected chi connectivity index (χ2v) is 26.2. The number of carbonyl (C=O) groups is 3. The summed E-state index contributed by atoms with van der Waals surface area (Å²) in [6.07, 6.45) is 16.4. The first-order valence-corrected chi connectivity index (χ1v) is 31.2. The van der Waals surface area contributed by atoms with Crippen molar-refractivity contribution in [1.29, 1.82) is 0 Å². The van der Waals surface area contributed by atoms with Crippen LogP contribution in [0.5, 0.6) is 0 Å². The van der Waals surface area contributed by atoms with Crippen LogP contribution in [0.1, 0.15) is 167 Å². The third-order valence-corrected chi connectivity index (χ3v) is 21.2. The van der Waals surface area contributed by atoms with Crippen molar-refractivity contribution < 1.29 is 19.5 Å². The minimum Gasteiger partial charge on any atom is -0.391 e. The number of fused-ring (bicyclic) bond motifs is 7. The highest BCUT2D eigenvalue weighted by atomic mass is 79.9. The molecular weight excluding hydrogens is 1080 g/mol. The summed E-state index contributed by atoms with van der Waals surface area (Å²) in [5, 5.41) is 23.9. The van der Waals surface area contributed by atoms with Gasteiger partial charge in [0.1, 0.15) is 17.9 Å². The van der Waals surface area contributed by atoms with Gasteiger partial charge in [0.25, 0.3) is 5.56 Å². The fraction of sp³-hybridized carbons (Fsp3) is 0.548. The molecule has 3 aromatic carbocycles. The minimum absolute atomic E-state index is 0.0183. The van der Waals surface area contributed by atoms with Gasteiger partial charge in [-0.15, -0.1) is 16.4 Å². The average molecular weight is 1150 g/mol. The molecule has 4 aliphatic heterocycles. The molecular formula is C62H73BrN10O5S. The number of amides is 3. The number of thiazole rings is 1. The molecule has 6 aromatic rings. The van der Waals surface area contributed by atoms with Gasteiger partial charge in [0.2, 0.25) is 17.7 Å². The summed E-state index contributed by atoms with van der Waals surface area (Å²) in [6, 6.07) is 19.5. The van der Waals surface area contributed by atoms with Crippen molar-refractivity contribution in [2.75, 3.05) is 39.3 Å². The maximum Gasteiger partial charge on any atom is 0.281 e. The maximum absolute atomic E-state index is 15.0. The van der Waals surface area contributed by atoms with E-state index in [0.717, 1.165) is 140 Å². The van der Waals surface area contributed by atoms with Gasteiger partial charge in [-0.1, -0.05) is 66.9 Å². The molecule has 3 aromatic heterocycles. The maximum atomic E-state index is 15.0. The molecule has 79 heavy (non-hydrogen) atoms. The predicted octanol–water partition coefficient (Wildman–Crippen LogP) is 9.92. The summed E-state index contributed by atoms with van der Waals surface area (Å²) in [4.78, 5) is 73.5. The Hall–Kier alpha value is -5.62. The Morgan fingerprint density at radius 1 is 0.886 bits per heavy atom. The Bertz CT molecular complexity index is 3320. The second kappa shape index (κ2) is 21.7. The number of aliphatic hydroxyl groups is 1. The van der Waals surface area contributed by atoms with Crippen LogP contribution in [-0.4, -0.2) is 118 Å². The van der Waals surface area contributed by atoms with Crippen LogP contribution in [0.3, 0.4) is 0 Å². The molecule has 3 saturated heterocycles. The summed E-state index contributed by atoms with van der Waals surface area (Å²) >= 11 is 5.27. The van der Waals surface area contributed by atoms with Gasteiger partial charge in [0, 0.05) is 55.1 Å². The van der Waals surface area contributed by atoms with Crippen molar-refractivity contribution in [3.8, 4) is 16.1 Å². The number of halogens is 1. The highest BCUT2D eigenvalue weighted by Crippen LogP contribution is 2.52. The molecule has 3 saturated carbocycles. The quantitative estimate of drug-likeness (QED) is 0.120. The number of β-amino-alcohol motifs (C(OH)–C–C–N with tert-alkyl or cyclic N) is 1. The molecule has 0 unspecified atom stereocenters. The molecule has 13 rings (SSSR count). The van der Waals surface area contributed by atoms with E-state index in [1.807, 2.05) is 66.9 Å². The van der Waals surface area contributed by atoms with E-state index in [2.05, 4.69) is 70.3 Å². The number of hydrogen-bond donors (Lipinski definition) is 2. The number of rotatable bonds is 12. The Balaban J connectivity index is 0.613. The standard InChI is InChI=1S/C62H73BrN10O5S/c1-37(40-13-17-44(18-14-40)56-38(2)64-36-79-56)65-57(75)53-32-47(74)34-71(53)60(78)55(72-35-50(67-68-72)42-15-16-42)43-23-29-70(30-24-43)59(77)45-11-9-39(10-12-45)33-69-27-21-41(22-28-69)46-19-20-48-52(31-46)73-51-8-6-7-49(63)54(51)58(76)66-61(73)62(48)25-4-3-5-26-62/h6-8,13-14,17-20,31,35-37,39,41-43,45,47,53,55,74H,3-5,9-12,15-16,21-30,32-34H2,1-2H3,(H,65,75)/t37-,39?,45?,47+,53-,55-/m0/s1. The molecule has 3 amide bonds. The summed E-state index contributed by atoms with van der Waals surface area (Å²) in [5.41, 5.74) is 10.3. The summed E-state index contributed by atoms with van der Waals surface area (Å²) < 4.78 is 4.84. The van der Waals surface area contributed by atoms with Crippen molar-refractivity contribution in [2.24, 2.45) is 17.8 Å². The summed E-state index contributed by atoms with van der Waals surface area (Å²) in [5.74, 6) is 1.97. The lowest BCUT2D eigenvalue weighted by Gasteiger charge is -2.40. The molecule has 3 aliphatic carbocycles. The van der Waals surface area contributed by atoms with Crippen molar-refractivity contribution in [1.82, 2.24) is 49.5 Å². The number of piperidine rings is 2. The normalized spacial score (nSPS) is 24.4. The van der Waals surface area contributed by atoms with Crippen LogP contribution in [0.25, 0.3) is 27.0 Å². The van der Waals surface area contributed by atoms with Crippen molar-refractivity contribution in [3.05, 3.63) is 121 Å². The van der Waals surface area contributed by atoms with Crippen LogP contribution in [-0.2, 0) is 19.8 Å². The molecule has 1 spiro atoms. The van der Waals surface area contributed by atoms with Gasteiger partial charge >= 0.3 is 0 Å². The van der Waals surface area contributed by atoms with Crippen molar-refractivity contribution in [3.63, 3.8) is 0 Å². The van der Waals surface area contributed by atoms with Gasteiger partial charge in [-0.05, 0) is 178 Å². The van der Waals surface area contributed by atoms with E-state index in [4.69, 9.17) is 4.98 Å². The number of nitrogens with zero attached hydrogens (tertiary/aromatic N) is 9. The zero-order valence-electron chi connectivity index (χ0n) is 45.6. The highest BCUT2D eigenvalue weighted by molar-refractivity contribution is 9.10. The van der Waals surface area contributed by atoms with E-state index in [0.29, 0.717) is 49.1 Å². The smallest absolute Gasteiger partial charge is 0.281 e. The van der Waals surface area contributed by atoms with E-state index >= 15 is 0 Å². The van der Waals surface area contributed by atoms with Gasteiger partial charge in [-0.3, -0.25) is 23.7 Å². The molecule has 414 valence electrons. The predicted molar refractivity (Wildman–Crippen MR) is 308 cm³/mol. The molecule has 0 bridgehead atoms. The molecule has 4 atom stereocenters. The number of carbonyl (C=O) groups excluding carboxylic acids is 3. The lowest BCUT2D eigenvalue weighted by molar-refractivity contribution is -0.144. The Kier molecular flexibility index (Phi) is 14.5. The van der Waals surface area contributed by atoms with Crippen LogP contribution in [0, 0.1) is 24.7 Å². The van der Waals surface area contributed by atoms with Crippen LogP contribution >= 0.6 is 27.3 Å². The molecule has 17 heteroatoms. The summed E-state index contributed by atoms with van der Waals surface area (Å²) in [6.45, 7) is 8.36. The number of nitrogens with one attached hydrogen (secondary N) is 1. The minimum atomic E-state index is -0.830. The monoisotopic (exact) mass is 1150 g/mol. The fourth-order valence-corrected chi connectivity index (χ4v) is 16.3. The first-order chi connectivity index (χ1) is 38.4. The second-order valence-electron chi connectivity index (χ2n) is 24.4. The van der Waals surface area contributed by atoms with Crippen LogP contribution < -0.4 is 10.9 Å². The number of aryl methyl sites for hydroxylation is 1. The lowest BCUT2D eigenvalue weighted by atomic mass is 9.69. The SMILES string of the molecule is Cc1ncsc1-c1ccc([C@H](C)NC(=O)[C@@H]2C[C@@H](O)CN2C(=O)[C@H](C2CCN(C(=O)C3CCC(CN4CCC(c5ccc6c(c5)-n5c(nc(=O)c7c(Br)cccc75)C65CCCCC5)CC4)CC3)CC2)n2cc(C3CC3)nn2)cc1. The van der Waals surface area contributed by atoms with E-state index in [-0.39, 0.29) is 59.5 Å². The van der Waals surface area contributed by atoms with Gasteiger partial charge < -0.3 is 25.1 Å². The van der Waals surface area contributed by atoms with E-state index in [1.165, 1.54) is 23.2 Å². The van der Waals surface area contributed by atoms with Gasteiger partial charge in [-0.25, -0.2) is 9.67 Å². The van der Waals surface area contributed by atoms with E-state index in [1.54, 1.807) is 20.9 Å². The van der Waals surface area contributed by atoms with Gasteiger partial charge in [0.15, 0.2) is 0 Å². The lowest BCUT2D eigenvalue weighted by Crippen LogP contribution is -2.51. The van der Waals surface area contributed by atoms with E-state index < -0.39 is 18.2 Å². The number of benzene rings is 3. The average Bonchev–Trinajstić information content (AvgIpc) is 3.59. The fourth-order valence-electron chi connectivity index (χ4n) is 14.9. The Morgan fingerprint density at radius 3 is 2.37 bits per heavy atom. The van der Waals surface area contributed by atoms with Crippen LogP contribution in [0.4, 0.5) is 0 Å². The number of likely N-dealkylation sites (tertiary alicyclic amines) is 3. The third-order valence-electron chi connectivity index (χ3n) is 19.6. The number of aromatic nitrogens is 6. The molecule has 7 heterocycles. The Morgan fingerprint density at radius 2 is 1.65 bits per heavy atom. The van der Waals surface area contributed by atoms with Crippen molar-refractivity contribution >= 4 is 55.9 Å². The number of hydrogen-bond acceptors (Lipinski definition) is 11. The highest BCUT2D eigenvalue weighted by Gasteiger charge is 2.48. The molecule has 2 N–H and O–H groups in total. The first kappa shape index (κ1) is 52.7. The zero-order valence-corrected chi connectivity index (χ0v) is 48.0. The zero-order chi connectivity index (χ0) is 54.1. The summed E-state index contributed by atoms with van der Waals surface area (Å²) in [7, 11) is 0. The molecule has 7 aliphatic rings. The van der Waals surface area contributed by atoms with Crippen molar-refractivity contribution in [2.45, 2.75) is 158 Å². The largest absolute Gasteiger partial charge is 0.391 e. The topological polar surface area (TPSA) is 172 Å². The number of aliphatic hydroxyl groups excluding tert-OH is 1. The Labute approximate surface area is 474 Å². The van der Waals surface area contributed by atoms with Gasteiger partial charge in [-0.2, -0.15) is 4.98 Å². The van der Waals surface area contributed by atoms with E-state index in [9.17, 15) is 24.3 Å². The van der Waals surface area contributed by atoms with Gasteiger partial charge in [0.05, 0.1) is 55.9 Å². The molecule has 6 fully saturated rings.